The molecule has 0 aromatic rings. The summed E-state index contributed by atoms with van der Waals surface area (Å²) in [5, 5.41) is 0. The van der Waals surface area contributed by atoms with E-state index in [4.69, 9.17) is 58.8 Å². The van der Waals surface area contributed by atoms with Crippen LogP contribution in [0.4, 0.5) is 0 Å². The van der Waals surface area contributed by atoms with Gasteiger partial charge in [-0.2, -0.15) is 0 Å². The quantitative estimate of drug-likeness (QED) is 0.0606. The molecular formula is C26H56O14Si3. The van der Waals surface area contributed by atoms with Crippen LogP contribution in [-0.4, -0.2) is 143 Å². The molecule has 17 heteroatoms. The third-order valence-corrected chi connectivity index (χ3v) is 12.6. The lowest BCUT2D eigenvalue weighted by atomic mass is 10.4. The van der Waals surface area contributed by atoms with Gasteiger partial charge in [0.2, 0.25) is 0 Å². The molecule has 0 unspecified atom stereocenters. The van der Waals surface area contributed by atoms with Crippen molar-refractivity contribution < 1.29 is 63.6 Å². The minimum Gasteiger partial charge on any atom is -0.462 e. The Morgan fingerprint density at radius 2 is 0.953 bits per heavy atom. The van der Waals surface area contributed by atoms with E-state index in [1.54, 1.807) is 82.3 Å². The van der Waals surface area contributed by atoms with Gasteiger partial charge in [-0.15, -0.1) is 0 Å². The summed E-state index contributed by atoms with van der Waals surface area (Å²) in [4.78, 5) is 11.1. The fraction of sp³-hybridized carbons (Fsp3) is 0.731. The van der Waals surface area contributed by atoms with Crippen molar-refractivity contribution in [1.29, 1.82) is 0 Å². The van der Waals surface area contributed by atoms with Crippen molar-refractivity contribution >= 4 is 32.4 Å². The summed E-state index contributed by atoms with van der Waals surface area (Å²) < 4.78 is 67.3. The Morgan fingerprint density at radius 1 is 0.581 bits per heavy atom. The van der Waals surface area contributed by atoms with Crippen LogP contribution in [0.25, 0.3) is 0 Å². The van der Waals surface area contributed by atoms with Crippen molar-refractivity contribution in [2.75, 3.05) is 110 Å². The van der Waals surface area contributed by atoms with Gasteiger partial charge in [-0.25, -0.2) is 4.79 Å². The summed E-state index contributed by atoms with van der Waals surface area (Å²) in [5.41, 5.74) is 3.58. The molecule has 0 saturated heterocycles. The lowest BCUT2D eigenvalue weighted by molar-refractivity contribution is -0.139. The van der Waals surface area contributed by atoms with Gasteiger partial charge in [0.1, 0.15) is 0 Å². The highest BCUT2D eigenvalue weighted by Gasteiger charge is 2.38. The molecule has 14 nitrogen and oxygen atoms in total. The van der Waals surface area contributed by atoms with Crippen LogP contribution in [0.2, 0.25) is 6.04 Å². The maximum Gasteiger partial charge on any atom is 0.529 e. The van der Waals surface area contributed by atoms with Crippen molar-refractivity contribution in [1.82, 2.24) is 0 Å². The Morgan fingerprint density at radius 3 is 1.19 bits per heavy atom. The highest BCUT2D eigenvalue weighted by molar-refractivity contribution is 6.66. The van der Waals surface area contributed by atoms with Gasteiger partial charge in [-0.1, -0.05) is 19.7 Å². The number of carbonyl (C=O) groups is 1. The fourth-order valence-electron chi connectivity index (χ4n) is 2.74. The molecule has 0 amide bonds. The Hall–Kier alpha value is -1.14. The number of hydrogen-bond acceptors (Lipinski definition) is 14. The molecule has 0 spiro atoms. The van der Waals surface area contributed by atoms with Gasteiger partial charge in [0.25, 0.3) is 0 Å². The van der Waals surface area contributed by atoms with E-state index in [0.717, 1.165) is 0 Å². The molecular weight excluding hydrogens is 621 g/mol. The summed E-state index contributed by atoms with van der Waals surface area (Å²) >= 11 is 0. The molecule has 0 rings (SSSR count). The van der Waals surface area contributed by atoms with Crippen LogP contribution < -0.4 is 0 Å². The van der Waals surface area contributed by atoms with Gasteiger partial charge < -0.3 is 58.8 Å². The lowest BCUT2D eigenvalue weighted by Crippen LogP contribution is -2.46. The van der Waals surface area contributed by atoms with Gasteiger partial charge >= 0.3 is 32.4 Å². The predicted molar refractivity (Wildman–Crippen MR) is 168 cm³/mol. The number of methoxy groups -OCH3 is 3. The van der Waals surface area contributed by atoms with Crippen LogP contribution in [0.1, 0.15) is 13.3 Å². The summed E-state index contributed by atoms with van der Waals surface area (Å²) in [6, 6.07) is 0.611. The Balaban J connectivity index is -0.000000588. The number of rotatable bonds is 25. The molecule has 0 radical (unpaired) electrons. The monoisotopic (exact) mass is 676 g/mol. The fourth-order valence-corrected chi connectivity index (χ4v) is 7.13. The predicted octanol–water partition coefficient (Wildman–Crippen LogP) is 2.60. The second-order valence-corrected chi connectivity index (χ2v) is 16.5. The highest BCUT2D eigenvalue weighted by atomic mass is 28.4. The molecule has 0 aromatic carbocycles. The normalized spacial score (nSPS) is 11.5. The third-order valence-electron chi connectivity index (χ3n) is 5.27. The molecule has 256 valence electrons. The lowest BCUT2D eigenvalue weighted by Gasteiger charge is -2.26. The van der Waals surface area contributed by atoms with Crippen molar-refractivity contribution in [3.05, 3.63) is 36.7 Å². The zero-order chi connectivity index (χ0) is 33.6. The standard InChI is InChI=1S/C11H24O6Si.C10H20O5Si.C5H12O3Si/c1-5-18(15-9-6-12-2,16-10-7-13-3)17-11-8-14-4;1-9(2)10(11)15-7-6-8-16(12-3,13-4)14-5;1-5-9(6-2,7-3)8-4/h5H,1,6-11H2,2-4H3;1,6-8H2,2-5H3;5H,1H2,2-4H3. The van der Waals surface area contributed by atoms with Gasteiger partial charge in [0, 0.05) is 75.6 Å². The molecule has 0 aromatic heterocycles. The molecule has 0 N–H and O–H groups in total. The first-order valence-electron chi connectivity index (χ1n) is 13.3. The number of hydrogen-bond donors (Lipinski definition) is 0. The molecule has 0 heterocycles. The molecule has 0 bridgehead atoms. The van der Waals surface area contributed by atoms with E-state index in [2.05, 4.69) is 19.7 Å². The zero-order valence-electron chi connectivity index (χ0n) is 27.9. The van der Waals surface area contributed by atoms with Crippen molar-refractivity contribution in [2.45, 2.75) is 19.4 Å². The molecule has 0 aliphatic heterocycles. The maximum absolute atomic E-state index is 11.1. The van der Waals surface area contributed by atoms with Gasteiger partial charge in [-0.05, 0) is 24.7 Å². The molecule has 0 aliphatic rings. The molecule has 0 atom stereocenters. The number of carbonyl (C=O) groups excluding carboxylic acids is 1. The number of ether oxygens (including phenoxy) is 4. The van der Waals surface area contributed by atoms with E-state index in [1.807, 2.05) is 0 Å². The van der Waals surface area contributed by atoms with Crippen molar-refractivity contribution in [2.24, 2.45) is 0 Å². The maximum atomic E-state index is 11.1. The SMILES string of the molecule is C=C(C)C(=O)OCCC[Si](OC)(OC)OC.C=C[Si](OC)(OC)OC.C=C[Si](OCCOC)(OCCOC)OCCOC. The van der Waals surface area contributed by atoms with Crippen molar-refractivity contribution in [3.8, 4) is 0 Å². The van der Waals surface area contributed by atoms with E-state index in [9.17, 15) is 4.79 Å². The van der Waals surface area contributed by atoms with Crippen LogP contribution in [0.3, 0.4) is 0 Å². The third kappa shape index (κ3) is 22.1. The van der Waals surface area contributed by atoms with Gasteiger partial charge in [0.05, 0.1) is 46.2 Å². The average molecular weight is 677 g/mol. The largest absolute Gasteiger partial charge is 0.529 e. The first-order chi connectivity index (χ1) is 20.5. The summed E-state index contributed by atoms with van der Waals surface area (Å²) in [6.45, 7) is 15.3. The van der Waals surface area contributed by atoms with Crippen LogP contribution in [0.15, 0.2) is 36.7 Å². The van der Waals surface area contributed by atoms with Crippen LogP contribution in [-0.2, 0) is 63.6 Å². The van der Waals surface area contributed by atoms with E-state index >= 15 is 0 Å². The van der Waals surface area contributed by atoms with E-state index < -0.39 is 26.4 Å². The Kier molecular flexibility index (Phi) is 31.8. The second kappa shape index (κ2) is 29.6. The van der Waals surface area contributed by atoms with E-state index in [-0.39, 0.29) is 5.97 Å². The first-order valence-corrected chi connectivity index (χ1v) is 18.8. The van der Waals surface area contributed by atoms with Gasteiger partial charge in [0.15, 0.2) is 0 Å². The summed E-state index contributed by atoms with van der Waals surface area (Å²) in [6.07, 6.45) is 0.640. The number of esters is 1. The van der Waals surface area contributed by atoms with E-state index in [0.29, 0.717) is 64.3 Å². The van der Waals surface area contributed by atoms with E-state index in [1.165, 1.54) is 0 Å². The second-order valence-electron chi connectivity index (χ2n) is 8.07. The van der Waals surface area contributed by atoms with Crippen LogP contribution >= 0.6 is 0 Å². The highest BCUT2D eigenvalue weighted by Crippen LogP contribution is 2.15. The Bertz CT molecular complexity index is 664. The minimum atomic E-state index is -2.86. The smallest absolute Gasteiger partial charge is 0.462 e. The first kappa shape index (κ1) is 46.3. The minimum absolute atomic E-state index is 0.316. The van der Waals surface area contributed by atoms with Crippen molar-refractivity contribution in [3.63, 3.8) is 0 Å². The topological polar surface area (TPSA) is 137 Å². The zero-order valence-corrected chi connectivity index (χ0v) is 30.9. The molecule has 0 aliphatic carbocycles. The molecule has 43 heavy (non-hydrogen) atoms. The summed E-state index contributed by atoms with van der Waals surface area (Å²) in [7, 11) is 6.30. The van der Waals surface area contributed by atoms with Crippen LogP contribution in [0.5, 0.6) is 0 Å². The Labute approximate surface area is 262 Å². The molecule has 0 fully saturated rings. The summed E-state index contributed by atoms with van der Waals surface area (Å²) in [5.74, 6) is -0.375. The van der Waals surface area contributed by atoms with Gasteiger partial charge in [-0.3, -0.25) is 0 Å². The van der Waals surface area contributed by atoms with Crippen LogP contribution in [0, 0.1) is 0 Å². The molecule has 0 saturated carbocycles. The average Bonchev–Trinajstić information content (AvgIpc) is 3.03.